The Morgan fingerprint density at radius 2 is 0.311 bits per heavy atom. The molecule has 61 heavy (non-hydrogen) atoms. The normalized spacial score (nSPS) is 15.0. The second-order valence-electron chi connectivity index (χ2n) is 20.4. The van der Waals surface area contributed by atoms with Crippen LogP contribution in [0.15, 0.2) is 0 Å². The zero-order chi connectivity index (χ0) is 44.8. The molecule has 0 fully saturated rings. The maximum Gasteiger partial charge on any atom is 0.0739 e. The second-order valence-corrected chi connectivity index (χ2v) is 20.4. The Hall–Kier alpha value is -0.160. The average Bonchev–Trinajstić information content (AvgIpc) is 3.26. The number of aliphatic hydroxyl groups is 4. The van der Waals surface area contributed by atoms with E-state index in [0.29, 0.717) is 25.7 Å². The van der Waals surface area contributed by atoms with Gasteiger partial charge in [-0.3, -0.25) is 0 Å². The van der Waals surface area contributed by atoms with Gasteiger partial charge in [0.1, 0.15) is 0 Å². The van der Waals surface area contributed by atoms with Gasteiger partial charge in [0.15, 0.2) is 0 Å². The average molecular weight is 866 g/mol. The van der Waals surface area contributed by atoms with Crippen molar-refractivity contribution in [2.45, 2.75) is 360 Å². The van der Waals surface area contributed by atoms with Crippen molar-refractivity contribution in [2.75, 3.05) is 0 Å². The highest BCUT2D eigenvalue weighted by Gasteiger charge is 2.54. The third-order valence-corrected chi connectivity index (χ3v) is 14.6. The number of hydrogen-bond donors (Lipinski definition) is 4. The van der Waals surface area contributed by atoms with Crippen LogP contribution in [0, 0.1) is 5.41 Å². The van der Waals surface area contributed by atoms with Gasteiger partial charge in [-0.15, -0.1) is 0 Å². The fourth-order valence-corrected chi connectivity index (χ4v) is 10.3. The summed E-state index contributed by atoms with van der Waals surface area (Å²) in [5.41, 5.74) is -1.28. The molecule has 0 aliphatic carbocycles. The zero-order valence-corrected chi connectivity index (χ0v) is 42.5. The van der Waals surface area contributed by atoms with Crippen LogP contribution in [0.3, 0.4) is 0 Å². The molecular formula is C57H116O4. The summed E-state index contributed by atoms with van der Waals surface area (Å²) in [6.07, 6.45) is 53.7. The Labute approximate surface area is 384 Å². The minimum atomic E-state index is -1.28. The molecule has 0 saturated heterocycles. The van der Waals surface area contributed by atoms with Crippen LogP contribution >= 0.6 is 0 Å². The van der Waals surface area contributed by atoms with Crippen molar-refractivity contribution in [2.24, 2.45) is 5.41 Å². The lowest BCUT2D eigenvalue weighted by molar-refractivity contribution is -0.201. The predicted octanol–water partition coefficient (Wildman–Crippen LogP) is 18.2. The van der Waals surface area contributed by atoms with Crippen molar-refractivity contribution < 1.29 is 20.4 Å². The van der Waals surface area contributed by atoms with E-state index in [4.69, 9.17) is 0 Å². The van der Waals surface area contributed by atoms with Crippen molar-refractivity contribution in [1.82, 2.24) is 0 Å². The number of hydrogen-bond acceptors (Lipinski definition) is 4. The van der Waals surface area contributed by atoms with Crippen LogP contribution in [-0.2, 0) is 0 Å². The molecule has 0 heterocycles. The standard InChI is InChI=1S/C57H116O4/c1-5-9-13-17-21-25-29-33-37-41-45-49-53(58)57(54(59)50-46-42-38-34-30-26-22-18-14-10-6-2,55(60)51-47-43-39-35-31-27-23-19-15-11-7-3)56(61)52-48-44-40-36-32-28-24-20-16-12-8-4/h53-56,58-61H,5-52H2,1-4H3. The molecule has 4 atom stereocenters. The highest BCUT2D eigenvalue weighted by atomic mass is 16.3. The fourth-order valence-electron chi connectivity index (χ4n) is 10.3. The summed E-state index contributed by atoms with van der Waals surface area (Å²) >= 11 is 0. The summed E-state index contributed by atoms with van der Waals surface area (Å²) < 4.78 is 0. The molecule has 368 valence electrons. The maximum atomic E-state index is 12.3. The first-order valence-electron chi connectivity index (χ1n) is 28.6. The van der Waals surface area contributed by atoms with E-state index in [0.717, 1.165) is 51.4 Å². The predicted molar refractivity (Wildman–Crippen MR) is 271 cm³/mol. The molecule has 0 aromatic carbocycles. The van der Waals surface area contributed by atoms with E-state index in [1.54, 1.807) is 0 Å². The number of rotatable bonds is 52. The van der Waals surface area contributed by atoms with Gasteiger partial charge < -0.3 is 20.4 Å². The molecule has 0 spiro atoms. The monoisotopic (exact) mass is 865 g/mol. The van der Waals surface area contributed by atoms with Crippen molar-refractivity contribution in [3.63, 3.8) is 0 Å². The minimum absolute atomic E-state index is 0.553. The second kappa shape index (κ2) is 47.8. The van der Waals surface area contributed by atoms with E-state index < -0.39 is 29.8 Å². The van der Waals surface area contributed by atoms with Gasteiger partial charge in [0.05, 0.1) is 29.8 Å². The molecule has 0 aromatic heterocycles. The topological polar surface area (TPSA) is 80.9 Å². The highest BCUT2D eigenvalue weighted by Crippen LogP contribution is 2.43. The molecule has 0 amide bonds. The van der Waals surface area contributed by atoms with Gasteiger partial charge in [0.25, 0.3) is 0 Å². The molecular weight excluding hydrogens is 749 g/mol. The molecule has 4 nitrogen and oxygen atoms in total. The highest BCUT2D eigenvalue weighted by molar-refractivity contribution is 5.03. The van der Waals surface area contributed by atoms with Crippen LogP contribution in [0.25, 0.3) is 0 Å². The number of unbranched alkanes of at least 4 members (excludes halogenated alkanes) is 40. The lowest BCUT2D eigenvalue weighted by Gasteiger charge is -2.49. The molecule has 0 radical (unpaired) electrons. The quantitative estimate of drug-likeness (QED) is 0.0459. The van der Waals surface area contributed by atoms with Gasteiger partial charge in [-0.25, -0.2) is 0 Å². The van der Waals surface area contributed by atoms with Crippen molar-refractivity contribution >= 4 is 0 Å². The first-order chi connectivity index (χ1) is 29.9. The van der Waals surface area contributed by atoms with Crippen LogP contribution in [0.5, 0.6) is 0 Å². The number of aliphatic hydroxyl groups excluding tert-OH is 4. The molecule has 4 unspecified atom stereocenters. The van der Waals surface area contributed by atoms with Crippen molar-refractivity contribution in [1.29, 1.82) is 0 Å². The Morgan fingerprint density at radius 1 is 0.197 bits per heavy atom. The molecule has 0 aromatic rings. The lowest BCUT2D eigenvalue weighted by Crippen LogP contribution is -2.60. The Kier molecular flexibility index (Phi) is 47.7. The molecule has 0 aliphatic heterocycles. The van der Waals surface area contributed by atoms with Gasteiger partial charge in [-0.05, 0) is 25.7 Å². The molecule has 0 saturated carbocycles. The van der Waals surface area contributed by atoms with Crippen LogP contribution in [-0.4, -0.2) is 44.8 Å². The third-order valence-electron chi connectivity index (χ3n) is 14.6. The largest absolute Gasteiger partial charge is 0.392 e. The summed E-state index contributed by atoms with van der Waals surface area (Å²) in [6, 6.07) is 0. The first kappa shape index (κ1) is 60.8. The summed E-state index contributed by atoms with van der Waals surface area (Å²) in [4.78, 5) is 0. The summed E-state index contributed by atoms with van der Waals surface area (Å²) in [7, 11) is 0. The van der Waals surface area contributed by atoms with Crippen molar-refractivity contribution in [3.05, 3.63) is 0 Å². The summed E-state index contributed by atoms with van der Waals surface area (Å²) in [6.45, 7) is 9.12. The first-order valence-corrected chi connectivity index (χ1v) is 28.6. The van der Waals surface area contributed by atoms with Crippen LogP contribution in [0.4, 0.5) is 0 Å². The Morgan fingerprint density at radius 3 is 0.443 bits per heavy atom. The molecule has 0 bridgehead atoms. The molecule has 4 N–H and O–H groups in total. The summed E-state index contributed by atoms with van der Waals surface area (Å²) in [5, 5.41) is 49.1. The Bertz CT molecular complexity index is 684. The van der Waals surface area contributed by atoms with Gasteiger partial charge in [-0.2, -0.15) is 0 Å². The zero-order valence-electron chi connectivity index (χ0n) is 42.5. The van der Waals surface area contributed by atoms with Gasteiger partial charge in [-0.1, -0.05) is 310 Å². The lowest BCUT2D eigenvalue weighted by atomic mass is 9.63. The smallest absolute Gasteiger partial charge is 0.0739 e. The van der Waals surface area contributed by atoms with E-state index in [1.807, 2.05) is 0 Å². The molecule has 0 rings (SSSR count). The SMILES string of the molecule is CCCCCCCCCCCCCC(O)C(C(O)CCCCCCCCCCCCC)(C(O)CCCCCCCCCCCCC)C(O)CCCCCCCCCCCCC. The Balaban J connectivity index is 5.53. The van der Waals surface area contributed by atoms with Gasteiger partial charge >= 0.3 is 0 Å². The fraction of sp³-hybridized carbons (Fsp3) is 1.00. The van der Waals surface area contributed by atoms with E-state index in [2.05, 4.69) is 27.7 Å². The van der Waals surface area contributed by atoms with Crippen molar-refractivity contribution in [3.8, 4) is 0 Å². The maximum absolute atomic E-state index is 12.3. The van der Waals surface area contributed by atoms with E-state index >= 15 is 0 Å². The van der Waals surface area contributed by atoms with Crippen LogP contribution in [0.1, 0.15) is 336 Å². The van der Waals surface area contributed by atoms with Gasteiger partial charge in [0.2, 0.25) is 0 Å². The van der Waals surface area contributed by atoms with Crippen LogP contribution < -0.4 is 0 Å². The van der Waals surface area contributed by atoms with Crippen LogP contribution in [0.2, 0.25) is 0 Å². The minimum Gasteiger partial charge on any atom is -0.392 e. The van der Waals surface area contributed by atoms with E-state index in [9.17, 15) is 20.4 Å². The van der Waals surface area contributed by atoms with Gasteiger partial charge in [0, 0.05) is 0 Å². The summed E-state index contributed by atoms with van der Waals surface area (Å²) in [5.74, 6) is 0. The van der Waals surface area contributed by atoms with E-state index in [1.165, 1.54) is 231 Å². The van der Waals surface area contributed by atoms with E-state index in [-0.39, 0.29) is 0 Å². The molecule has 0 aliphatic rings. The third kappa shape index (κ3) is 34.8. The molecule has 4 heteroatoms.